The van der Waals surface area contributed by atoms with Gasteiger partial charge in [0.25, 0.3) is 11.2 Å². The molecule has 0 saturated heterocycles. The average Bonchev–Trinajstić information content (AvgIpc) is 3.37. The van der Waals surface area contributed by atoms with Crippen LogP contribution in [-0.2, 0) is 16.1 Å². The van der Waals surface area contributed by atoms with Gasteiger partial charge in [0, 0.05) is 11.6 Å². The number of hydrogen-bond donors (Lipinski definition) is 0. The number of esters is 1. The van der Waals surface area contributed by atoms with Crippen LogP contribution in [0.25, 0.3) is 16.8 Å². The van der Waals surface area contributed by atoms with E-state index in [0.717, 1.165) is 19.9 Å². The van der Waals surface area contributed by atoms with Crippen molar-refractivity contribution in [1.82, 2.24) is 4.57 Å². The summed E-state index contributed by atoms with van der Waals surface area (Å²) in [6.45, 7) is 5.44. The number of aryl methyl sites for hydroxylation is 1. The average molecular weight is 776 g/mol. The van der Waals surface area contributed by atoms with E-state index in [1.165, 1.54) is 22.0 Å². The quantitative estimate of drug-likeness (QED) is 0.0740. The van der Waals surface area contributed by atoms with E-state index in [4.69, 9.17) is 14.2 Å². The highest BCUT2D eigenvalue weighted by Crippen LogP contribution is 2.36. The molecule has 1 aromatic heterocycles. The number of methoxy groups -OCH3 is 1. The summed E-state index contributed by atoms with van der Waals surface area (Å²) in [5.74, 6) is 0.450. The Morgan fingerprint density at radius 3 is 2.62 bits per heavy atom. The lowest BCUT2D eigenvalue weighted by Crippen LogP contribution is -2.40. The number of thiazole rings is 1. The van der Waals surface area contributed by atoms with Crippen LogP contribution in [0.3, 0.4) is 0 Å². The second-order valence-corrected chi connectivity index (χ2v) is 13.2. The maximum absolute atomic E-state index is 14.1. The van der Waals surface area contributed by atoms with E-state index in [-0.39, 0.29) is 17.9 Å². The number of allylic oxidation sites excluding steroid dienone is 1. The Labute approximate surface area is 292 Å². The van der Waals surface area contributed by atoms with Gasteiger partial charge in [-0.15, -0.1) is 0 Å². The fraction of sp³-hybridized carbons (Fsp3) is 0.194. The van der Waals surface area contributed by atoms with E-state index in [2.05, 4.69) is 45.8 Å². The van der Waals surface area contributed by atoms with Gasteiger partial charge < -0.3 is 14.2 Å². The number of ether oxygens (including phenoxy) is 3. The minimum absolute atomic E-state index is 0.114. The molecule has 0 spiro atoms. The minimum atomic E-state index is -0.971. The SMILES string of the molecule is CCOC(=O)C1=C(C)N=c2s/c(=C/c3cc(I)c(OCc4cccc5ccccc45)c(OC)c3)c(=O)n2[C@H]1c1ccc(C)c([N+](=O)[O-])c1. The molecule has 5 aromatic rings. The van der Waals surface area contributed by atoms with E-state index in [0.29, 0.717) is 49.8 Å². The lowest BCUT2D eigenvalue weighted by molar-refractivity contribution is -0.385. The maximum atomic E-state index is 14.1. The van der Waals surface area contributed by atoms with Crippen molar-refractivity contribution in [1.29, 1.82) is 0 Å². The Morgan fingerprint density at radius 2 is 1.88 bits per heavy atom. The second-order valence-electron chi connectivity index (χ2n) is 11.1. The Kier molecular flexibility index (Phi) is 9.47. The smallest absolute Gasteiger partial charge is 0.338 e. The number of carbonyl (C=O) groups is 1. The highest BCUT2D eigenvalue weighted by Gasteiger charge is 2.34. The zero-order chi connectivity index (χ0) is 34.1. The van der Waals surface area contributed by atoms with Crippen LogP contribution in [0.2, 0.25) is 0 Å². The monoisotopic (exact) mass is 775 g/mol. The van der Waals surface area contributed by atoms with Gasteiger partial charge in [-0.3, -0.25) is 19.5 Å². The van der Waals surface area contributed by atoms with Crippen LogP contribution < -0.4 is 24.4 Å². The standard InChI is InChI=1S/C36H30IN3O7S/c1-5-46-35(42)31-21(3)38-36-39(32(31)24-14-13-20(2)28(18-24)40(43)44)34(41)30(48-36)17-22-15-27(37)33(29(16-22)45-4)47-19-25-11-8-10-23-9-6-7-12-26(23)25/h6-18,32H,5,19H2,1-4H3/b30-17+/t32-/m0/s1. The third-order valence-corrected chi connectivity index (χ3v) is 9.85. The number of carbonyl (C=O) groups excluding carboxylic acids is 1. The lowest BCUT2D eigenvalue weighted by Gasteiger charge is -2.24. The largest absolute Gasteiger partial charge is 0.493 e. The van der Waals surface area contributed by atoms with Gasteiger partial charge in [-0.25, -0.2) is 9.79 Å². The molecule has 4 aromatic carbocycles. The van der Waals surface area contributed by atoms with Crippen molar-refractivity contribution in [2.45, 2.75) is 33.4 Å². The van der Waals surface area contributed by atoms with Crippen molar-refractivity contribution in [3.05, 3.63) is 140 Å². The number of halogens is 1. The van der Waals surface area contributed by atoms with Crippen LogP contribution in [-0.4, -0.2) is 29.2 Å². The van der Waals surface area contributed by atoms with E-state index in [9.17, 15) is 19.7 Å². The van der Waals surface area contributed by atoms with Gasteiger partial charge >= 0.3 is 5.97 Å². The number of nitrogens with zero attached hydrogens (tertiary/aromatic N) is 3. The molecule has 0 amide bonds. The minimum Gasteiger partial charge on any atom is -0.493 e. The Hall–Kier alpha value is -4.82. The molecule has 244 valence electrons. The van der Waals surface area contributed by atoms with Crippen LogP contribution in [0.5, 0.6) is 11.5 Å². The molecule has 12 heteroatoms. The summed E-state index contributed by atoms with van der Waals surface area (Å²) in [4.78, 5) is 43.6. The summed E-state index contributed by atoms with van der Waals surface area (Å²) in [5.41, 5.74) is 2.62. The lowest BCUT2D eigenvalue weighted by atomic mass is 9.94. The molecule has 0 unspecified atom stereocenters. The van der Waals surface area contributed by atoms with Crippen molar-refractivity contribution in [3.63, 3.8) is 0 Å². The van der Waals surface area contributed by atoms with Gasteiger partial charge in [0.05, 0.1) is 44.1 Å². The fourth-order valence-corrected chi connectivity index (χ4v) is 7.61. The normalized spacial score (nSPS) is 14.4. The molecule has 0 radical (unpaired) electrons. The molecule has 48 heavy (non-hydrogen) atoms. The van der Waals surface area contributed by atoms with Crippen LogP contribution in [0.1, 0.15) is 42.1 Å². The summed E-state index contributed by atoms with van der Waals surface area (Å²) < 4.78 is 19.9. The van der Waals surface area contributed by atoms with Crippen molar-refractivity contribution in [2.24, 2.45) is 4.99 Å². The number of fused-ring (bicyclic) bond motifs is 2. The topological polar surface area (TPSA) is 122 Å². The van der Waals surface area contributed by atoms with E-state index in [1.54, 1.807) is 52.2 Å². The van der Waals surface area contributed by atoms with Gasteiger partial charge in [-0.1, -0.05) is 65.9 Å². The molecule has 1 aliphatic heterocycles. The molecule has 6 rings (SSSR count). The van der Waals surface area contributed by atoms with Gasteiger partial charge in [0.15, 0.2) is 16.3 Å². The number of hydrogen-bond acceptors (Lipinski definition) is 9. The summed E-state index contributed by atoms with van der Waals surface area (Å²) in [6.07, 6.45) is 1.74. The van der Waals surface area contributed by atoms with E-state index < -0.39 is 22.5 Å². The fourth-order valence-electron chi connectivity index (χ4n) is 5.78. The molecule has 0 saturated carbocycles. The van der Waals surface area contributed by atoms with Crippen molar-refractivity contribution in [3.8, 4) is 11.5 Å². The van der Waals surface area contributed by atoms with E-state index >= 15 is 0 Å². The molecular weight excluding hydrogens is 745 g/mol. The first-order chi connectivity index (χ1) is 23.1. The third-order valence-electron chi connectivity index (χ3n) is 8.06. The predicted molar refractivity (Wildman–Crippen MR) is 192 cm³/mol. The molecule has 0 fully saturated rings. The van der Waals surface area contributed by atoms with Gasteiger partial charge in [-0.2, -0.15) is 0 Å². The predicted octanol–water partition coefficient (Wildman–Crippen LogP) is 6.36. The highest BCUT2D eigenvalue weighted by atomic mass is 127. The molecule has 2 heterocycles. The first kappa shape index (κ1) is 33.1. The number of rotatable bonds is 9. The zero-order valence-corrected chi connectivity index (χ0v) is 29.5. The zero-order valence-electron chi connectivity index (χ0n) is 26.5. The summed E-state index contributed by atoms with van der Waals surface area (Å²) in [5, 5.41) is 14.1. The van der Waals surface area contributed by atoms with Gasteiger partial charge in [0.1, 0.15) is 6.61 Å². The molecule has 1 atom stereocenters. The van der Waals surface area contributed by atoms with E-state index in [1.807, 2.05) is 30.3 Å². The first-order valence-electron chi connectivity index (χ1n) is 15.0. The molecule has 0 aliphatic carbocycles. The van der Waals surface area contributed by atoms with Crippen LogP contribution in [0, 0.1) is 20.6 Å². The summed E-state index contributed by atoms with van der Waals surface area (Å²) in [6, 6.07) is 21.7. The Bertz CT molecular complexity index is 2320. The number of nitro groups is 1. The van der Waals surface area contributed by atoms with Crippen molar-refractivity contribution < 1.29 is 23.9 Å². The Morgan fingerprint density at radius 1 is 1.10 bits per heavy atom. The van der Waals surface area contributed by atoms with Crippen LogP contribution >= 0.6 is 33.9 Å². The third kappa shape index (κ3) is 6.24. The maximum Gasteiger partial charge on any atom is 0.338 e. The van der Waals surface area contributed by atoms with Gasteiger partial charge in [0.2, 0.25) is 0 Å². The molecule has 1 aliphatic rings. The number of nitro benzene ring substituents is 1. The summed E-state index contributed by atoms with van der Waals surface area (Å²) in [7, 11) is 1.56. The molecule has 0 N–H and O–H groups in total. The van der Waals surface area contributed by atoms with Gasteiger partial charge in [-0.05, 0) is 89.0 Å². The number of benzene rings is 4. The number of aromatic nitrogens is 1. The highest BCUT2D eigenvalue weighted by molar-refractivity contribution is 14.1. The first-order valence-corrected chi connectivity index (χ1v) is 16.9. The summed E-state index contributed by atoms with van der Waals surface area (Å²) >= 11 is 3.35. The van der Waals surface area contributed by atoms with Crippen LogP contribution in [0.4, 0.5) is 5.69 Å². The van der Waals surface area contributed by atoms with Crippen molar-refractivity contribution in [2.75, 3.05) is 13.7 Å². The Balaban J connectivity index is 1.42. The van der Waals surface area contributed by atoms with Crippen LogP contribution in [0.15, 0.2) is 93.9 Å². The second kappa shape index (κ2) is 13.7. The molecular formula is C36H30IN3O7S. The molecule has 0 bridgehead atoms. The molecule has 10 nitrogen and oxygen atoms in total. The van der Waals surface area contributed by atoms with Crippen molar-refractivity contribution >= 4 is 62.4 Å².